The molecule has 0 radical (unpaired) electrons. The van der Waals surface area contributed by atoms with Crippen molar-refractivity contribution in [3.8, 4) is 0 Å². The van der Waals surface area contributed by atoms with Crippen LogP contribution in [0.2, 0.25) is 0 Å². The molecule has 2 rings (SSSR count). The largest absolute Gasteiger partial charge is 0.481 e. The second kappa shape index (κ2) is 7.02. The lowest BCUT2D eigenvalue weighted by Crippen LogP contribution is -2.40. The zero-order valence-corrected chi connectivity index (χ0v) is 14.1. The van der Waals surface area contributed by atoms with Crippen molar-refractivity contribution >= 4 is 17.6 Å². The Kier molecular flexibility index (Phi) is 5.29. The van der Waals surface area contributed by atoms with Gasteiger partial charge in [0, 0.05) is 22.8 Å². The molecule has 5 heteroatoms. The van der Waals surface area contributed by atoms with Crippen molar-refractivity contribution in [2.75, 3.05) is 5.32 Å². The third kappa shape index (κ3) is 5.27. The van der Waals surface area contributed by atoms with E-state index >= 15 is 0 Å². The van der Waals surface area contributed by atoms with Crippen LogP contribution in [-0.4, -0.2) is 28.6 Å². The molecule has 0 saturated heterocycles. The number of hydrogen-bond donors (Lipinski definition) is 3. The molecular formula is C18H26N2O3. The predicted octanol–water partition coefficient (Wildman–Crippen LogP) is 3.27. The molecule has 3 N–H and O–H groups in total. The summed E-state index contributed by atoms with van der Waals surface area (Å²) in [6, 6.07) is 7.74. The Morgan fingerprint density at radius 1 is 1.04 bits per heavy atom. The first kappa shape index (κ1) is 17.3. The van der Waals surface area contributed by atoms with Crippen LogP contribution in [0.3, 0.4) is 0 Å². The molecule has 1 aliphatic carbocycles. The summed E-state index contributed by atoms with van der Waals surface area (Å²) < 4.78 is 0. The van der Waals surface area contributed by atoms with E-state index < -0.39 is 5.97 Å². The van der Waals surface area contributed by atoms with Crippen LogP contribution >= 0.6 is 0 Å². The Balaban J connectivity index is 1.88. The Bertz CT molecular complexity index is 553. The molecule has 0 unspecified atom stereocenters. The van der Waals surface area contributed by atoms with Gasteiger partial charge in [-0.1, -0.05) is 0 Å². The van der Waals surface area contributed by atoms with Gasteiger partial charge in [-0.05, 0) is 70.7 Å². The van der Waals surface area contributed by atoms with E-state index in [0.29, 0.717) is 11.6 Å². The van der Waals surface area contributed by atoms with Gasteiger partial charge in [0.25, 0.3) is 5.91 Å². The summed E-state index contributed by atoms with van der Waals surface area (Å²) >= 11 is 0. The fourth-order valence-corrected chi connectivity index (χ4v) is 2.85. The monoisotopic (exact) mass is 318 g/mol. The van der Waals surface area contributed by atoms with Gasteiger partial charge >= 0.3 is 5.97 Å². The number of nitrogens with one attached hydrogen (secondary N) is 2. The molecule has 0 spiro atoms. The molecule has 126 valence electrons. The molecule has 0 atom stereocenters. The molecule has 1 aromatic carbocycles. The number of amides is 1. The first-order valence-corrected chi connectivity index (χ1v) is 8.16. The van der Waals surface area contributed by atoms with Crippen LogP contribution < -0.4 is 10.6 Å². The lowest BCUT2D eigenvalue weighted by atomic mass is 9.86. The topological polar surface area (TPSA) is 78.4 Å². The van der Waals surface area contributed by atoms with Crippen molar-refractivity contribution in [2.45, 2.75) is 58.0 Å². The average molecular weight is 318 g/mol. The van der Waals surface area contributed by atoms with Crippen molar-refractivity contribution in [1.29, 1.82) is 0 Å². The van der Waals surface area contributed by atoms with Gasteiger partial charge in [0.1, 0.15) is 0 Å². The zero-order valence-electron chi connectivity index (χ0n) is 14.1. The van der Waals surface area contributed by atoms with Gasteiger partial charge in [-0.15, -0.1) is 0 Å². The van der Waals surface area contributed by atoms with Crippen LogP contribution in [-0.2, 0) is 4.79 Å². The van der Waals surface area contributed by atoms with Crippen LogP contribution in [0.15, 0.2) is 24.3 Å². The number of carbonyl (C=O) groups is 2. The minimum absolute atomic E-state index is 0.0778. The highest BCUT2D eigenvalue weighted by Crippen LogP contribution is 2.26. The number of carboxylic acids is 1. The highest BCUT2D eigenvalue weighted by molar-refractivity contribution is 5.94. The smallest absolute Gasteiger partial charge is 0.306 e. The summed E-state index contributed by atoms with van der Waals surface area (Å²) in [6.07, 6.45) is 3.17. The molecule has 1 aromatic rings. The highest BCUT2D eigenvalue weighted by atomic mass is 16.4. The summed E-state index contributed by atoms with van der Waals surface area (Å²) in [5, 5.41) is 15.4. The zero-order chi connectivity index (χ0) is 17.0. The lowest BCUT2D eigenvalue weighted by Gasteiger charge is -2.27. The normalized spacial score (nSPS) is 21.5. The SMILES string of the molecule is CC(C)(C)NC(=O)c1ccc(NC2CCC(C(=O)O)CC2)cc1. The number of aliphatic carboxylic acids is 1. The maximum Gasteiger partial charge on any atom is 0.306 e. The second-order valence-electron chi connectivity index (χ2n) is 7.31. The Hall–Kier alpha value is -2.04. The maximum absolute atomic E-state index is 12.1. The molecule has 0 heterocycles. The number of hydrogen-bond acceptors (Lipinski definition) is 3. The summed E-state index contributed by atoms with van der Waals surface area (Å²) in [5.41, 5.74) is 1.35. The van der Waals surface area contributed by atoms with Crippen molar-refractivity contribution < 1.29 is 14.7 Å². The summed E-state index contributed by atoms with van der Waals surface area (Å²) in [4.78, 5) is 23.0. The second-order valence-corrected chi connectivity index (χ2v) is 7.31. The first-order chi connectivity index (χ1) is 10.7. The highest BCUT2D eigenvalue weighted by Gasteiger charge is 2.25. The number of rotatable bonds is 4. The van der Waals surface area contributed by atoms with Crippen LogP contribution in [0.1, 0.15) is 56.8 Å². The number of anilines is 1. The third-order valence-corrected chi connectivity index (χ3v) is 4.08. The van der Waals surface area contributed by atoms with Gasteiger partial charge in [0.2, 0.25) is 0 Å². The van der Waals surface area contributed by atoms with Gasteiger partial charge < -0.3 is 15.7 Å². The standard InChI is InChI=1S/C18H26N2O3/c1-18(2,3)20-16(21)12-4-8-14(9-5-12)19-15-10-6-13(7-11-15)17(22)23/h4-5,8-9,13,15,19H,6-7,10-11H2,1-3H3,(H,20,21)(H,22,23). The van der Waals surface area contributed by atoms with Crippen LogP contribution in [0.4, 0.5) is 5.69 Å². The molecule has 5 nitrogen and oxygen atoms in total. The van der Waals surface area contributed by atoms with E-state index in [9.17, 15) is 9.59 Å². The van der Waals surface area contributed by atoms with E-state index in [1.165, 1.54) is 0 Å². The van der Waals surface area contributed by atoms with Gasteiger partial charge in [-0.25, -0.2) is 0 Å². The number of carboxylic acid groups (broad SMARTS) is 1. The number of carbonyl (C=O) groups excluding carboxylic acids is 1. The lowest BCUT2D eigenvalue weighted by molar-refractivity contribution is -0.142. The molecule has 0 aromatic heterocycles. The Morgan fingerprint density at radius 3 is 2.09 bits per heavy atom. The van der Waals surface area contributed by atoms with E-state index in [4.69, 9.17) is 5.11 Å². The molecule has 1 saturated carbocycles. The van der Waals surface area contributed by atoms with E-state index in [1.807, 2.05) is 45.0 Å². The van der Waals surface area contributed by atoms with Crippen molar-refractivity contribution in [2.24, 2.45) is 5.92 Å². The third-order valence-electron chi connectivity index (χ3n) is 4.08. The Labute approximate surface area is 137 Å². The molecule has 1 amide bonds. The number of benzene rings is 1. The minimum atomic E-state index is -0.683. The van der Waals surface area contributed by atoms with Crippen LogP contribution in [0.5, 0.6) is 0 Å². The van der Waals surface area contributed by atoms with Crippen LogP contribution in [0, 0.1) is 5.92 Å². The van der Waals surface area contributed by atoms with Gasteiger partial charge in [0.15, 0.2) is 0 Å². The Morgan fingerprint density at radius 2 is 1.61 bits per heavy atom. The molecule has 23 heavy (non-hydrogen) atoms. The fraction of sp³-hybridized carbons (Fsp3) is 0.556. The van der Waals surface area contributed by atoms with Crippen molar-refractivity contribution in [3.05, 3.63) is 29.8 Å². The predicted molar refractivity (Wildman–Crippen MR) is 90.7 cm³/mol. The molecular weight excluding hydrogens is 292 g/mol. The molecule has 1 fully saturated rings. The van der Waals surface area contributed by atoms with Gasteiger partial charge in [-0.3, -0.25) is 9.59 Å². The summed E-state index contributed by atoms with van der Waals surface area (Å²) in [6.45, 7) is 5.86. The fourth-order valence-electron chi connectivity index (χ4n) is 2.85. The van der Waals surface area contributed by atoms with E-state index in [2.05, 4.69) is 10.6 Å². The van der Waals surface area contributed by atoms with Crippen molar-refractivity contribution in [1.82, 2.24) is 5.32 Å². The van der Waals surface area contributed by atoms with E-state index in [-0.39, 0.29) is 17.4 Å². The van der Waals surface area contributed by atoms with Gasteiger partial charge in [-0.2, -0.15) is 0 Å². The maximum atomic E-state index is 12.1. The minimum Gasteiger partial charge on any atom is -0.481 e. The van der Waals surface area contributed by atoms with E-state index in [0.717, 1.165) is 31.4 Å². The van der Waals surface area contributed by atoms with Crippen LogP contribution in [0.25, 0.3) is 0 Å². The van der Waals surface area contributed by atoms with Crippen molar-refractivity contribution in [3.63, 3.8) is 0 Å². The quantitative estimate of drug-likeness (QED) is 0.796. The molecule has 1 aliphatic rings. The van der Waals surface area contributed by atoms with Gasteiger partial charge in [0.05, 0.1) is 5.92 Å². The van der Waals surface area contributed by atoms with E-state index in [1.54, 1.807) is 0 Å². The summed E-state index contributed by atoms with van der Waals surface area (Å²) in [7, 11) is 0. The summed E-state index contributed by atoms with van der Waals surface area (Å²) in [5.74, 6) is -0.958. The molecule has 0 bridgehead atoms. The molecule has 0 aliphatic heterocycles. The first-order valence-electron chi connectivity index (χ1n) is 8.16. The average Bonchev–Trinajstić information content (AvgIpc) is 2.46.